The zero-order valence-corrected chi connectivity index (χ0v) is 15.3. The van der Waals surface area contributed by atoms with Crippen molar-refractivity contribution >= 4 is 21.4 Å². The average Bonchev–Trinajstić information content (AvgIpc) is 2.52. The number of carbonyl (C=O) groups is 1. The first-order valence-corrected chi connectivity index (χ1v) is 9.96. The van der Waals surface area contributed by atoms with Gasteiger partial charge in [-0.1, -0.05) is 32.9 Å². The molecule has 1 amide bonds. The minimum absolute atomic E-state index is 0.0792. The smallest absolute Gasteiger partial charge is 0.238 e. The van der Waals surface area contributed by atoms with Crippen LogP contribution in [0.1, 0.15) is 33.3 Å². The van der Waals surface area contributed by atoms with Crippen LogP contribution in [0.15, 0.2) is 24.3 Å². The maximum Gasteiger partial charge on any atom is 0.238 e. The molecule has 1 aromatic carbocycles. The predicted molar refractivity (Wildman–Crippen MR) is 95.5 cm³/mol. The van der Waals surface area contributed by atoms with Gasteiger partial charge in [0, 0.05) is 17.5 Å². The van der Waals surface area contributed by atoms with Crippen molar-refractivity contribution in [1.29, 1.82) is 0 Å². The lowest BCUT2D eigenvalue weighted by Gasteiger charge is -2.26. The first kappa shape index (κ1) is 19.6. The summed E-state index contributed by atoms with van der Waals surface area (Å²) in [5.41, 5.74) is 1.98. The van der Waals surface area contributed by atoms with Gasteiger partial charge in [-0.25, -0.2) is 8.42 Å². The van der Waals surface area contributed by atoms with Crippen molar-refractivity contribution in [1.82, 2.24) is 4.90 Å². The molecule has 1 rings (SSSR count). The summed E-state index contributed by atoms with van der Waals surface area (Å²) in [6.07, 6.45) is 0.960. The number of hydrogen-bond donors (Lipinski definition) is 1. The van der Waals surface area contributed by atoms with Crippen LogP contribution in [0, 0.1) is 0 Å². The summed E-state index contributed by atoms with van der Waals surface area (Å²) in [5.74, 6) is 0.0811. The number of benzene rings is 1. The normalized spacial score (nSPS) is 13.1. The second-order valence-electron chi connectivity index (χ2n) is 5.71. The van der Waals surface area contributed by atoms with Gasteiger partial charge in [0.05, 0.1) is 12.3 Å². The fourth-order valence-electron chi connectivity index (χ4n) is 2.38. The first-order chi connectivity index (χ1) is 10.8. The number of rotatable bonds is 9. The van der Waals surface area contributed by atoms with Crippen molar-refractivity contribution in [3.05, 3.63) is 29.8 Å². The third-order valence-electron chi connectivity index (χ3n) is 3.96. The fraction of sp³-hybridized carbons (Fsp3) is 0.588. The summed E-state index contributed by atoms with van der Waals surface area (Å²) in [6, 6.07) is 7.57. The van der Waals surface area contributed by atoms with Crippen molar-refractivity contribution in [3.8, 4) is 0 Å². The third kappa shape index (κ3) is 6.71. The lowest BCUT2D eigenvalue weighted by molar-refractivity contribution is -0.117. The highest BCUT2D eigenvalue weighted by atomic mass is 32.2. The van der Waals surface area contributed by atoms with Gasteiger partial charge in [-0.05, 0) is 37.6 Å². The molecule has 0 fully saturated rings. The Labute approximate surface area is 140 Å². The topological polar surface area (TPSA) is 66.5 Å². The van der Waals surface area contributed by atoms with Crippen LogP contribution in [0.2, 0.25) is 0 Å². The number of anilines is 1. The predicted octanol–water partition coefficient (Wildman–Crippen LogP) is 2.33. The molecule has 0 aromatic heterocycles. The van der Waals surface area contributed by atoms with Gasteiger partial charge in [-0.15, -0.1) is 0 Å². The summed E-state index contributed by atoms with van der Waals surface area (Å²) < 4.78 is 23.5. The molecular formula is C17H28N2O3S. The summed E-state index contributed by atoms with van der Waals surface area (Å²) in [7, 11) is -3.05. The number of sulfone groups is 1. The molecule has 0 unspecified atom stereocenters. The highest BCUT2D eigenvalue weighted by Gasteiger charge is 2.21. The van der Waals surface area contributed by atoms with Crippen LogP contribution < -0.4 is 5.32 Å². The van der Waals surface area contributed by atoms with E-state index in [9.17, 15) is 13.2 Å². The second-order valence-corrected chi connectivity index (χ2v) is 8.11. The van der Waals surface area contributed by atoms with Gasteiger partial charge in [-0.3, -0.25) is 9.69 Å². The molecule has 0 saturated heterocycles. The second kappa shape index (κ2) is 9.03. The van der Waals surface area contributed by atoms with Crippen LogP contribution in [0.25, 0.3) is 0 Å². The Morgan fingerprint density at radius 1 is 1.17 bits per heavy atom. The monoisotopic (exact) mass is 340 g/mol. The summed E-state index contributed by atoms with van der Waals surface area (Å²) in [6.45, 7) is 8.32. The van der Waals surface area contributed by atoms with Gasteiger partial charge in [0.25, 0.3) is 0 Å². The molecule has 0 heterocycles. The minimum Gasteiger partial charge on any atom is -0.325 e. The Morgan fingerprint density at radius 2 is 1.78 bits per heavy atom. The lowest BCUT2D eigenvalue weighted by Crippen LogP contribution is -2.42. The number of hydrogen-bond acceptors (Lipinski definition) is 4. The molecule has 0 bridgehead atoms. The molecule has 0 aliphatic carbocycles. The van der Waals surface area contributed by atoms with E-state index in [1.165, 1.54) is 5.56 Å². The summed E-state index contributed by atoms with van der Waals surface area (Å²) in [4.78, 5) is 14.1. The van der Waals surface area contributed by atoms with E-state index in [2.05, 4.69) is 12.2 Å². The van der Waals surface area contributed by atoms with E-state index in [1.807, 2.05) is 43.0 Å². The zero-order valence-electron chi connectivity index (χ0n) is 14.5. The van der Waals surface area contributed by atoms with E-state index >= 15 is 0 Å². The van der Waals surface area contributed by atoms with Crippen LogP contribution >= 0.6 is 0 Å². The van der Waals surface area contributed by atoms with E-state index in [1.54, 1.807) is 6.92 Å². The molecule has 5 nitrogen and oxygen atoms in total. The molecule has 1 aromatic rings. The van der Waals surface area contributed by atoms with Crippen LogP contribution in [0.5, 0.6) is 0 Å². The molecule has 23 heavy (non-hydrogen) atoms. The number of aryl methyl sites for hydroxylation is 1. The molecule has 1 atom stereocenters. The number of amides is 1. The number of nitrogens with zero attached hydrogens (tertiary/aromatic N) is 1. The minimum atomic E-state index is -3.05. The highest BCUT2D eigenvalue weighted by Crippen LogP contribution is 2.10. The maximum atomic E-state index is 12.2. The van der Waals surface area contributed by atoms with E-state index in [0.29, 0.717) is 6.54 Å². The molecule has 0 aliphatic rings. The standard InChI is InChI=1S/C17H28N2O3S/c1-5-15-8-10-16(11-9-15)18-17(20)12-19(6-2)14(4)13-23(21,22)7-3/h8-11,14H,5-7,12-13H2,1-4H3,(H,18,20)/t14-/m1/s1. The van der Waals surface area contributed by atoms with E-state index in [-0.39, 0.29) is 30.0 Å². The van der Waals surface area contributed by atoms with E-state index in [4.69, 9.17) is 0 Å². The molecule has 130 valence electrons. The molecule has 0 saturated carbocycles. The molecule has 0 spiro atoms. The van der Waals surface area contributed by atoms with Gasteiger partial charge in [0.1, 0.15) is 0 Å². The van der Waals surface area contributed by atoms with Crippen molar-refractivity contribution in [2.24, 2.45) is 0 Å². The van der Waals surface area contributed by atoms with Gasteiger partial charge >= 0.3 is 0 Å². The van der Waals surface area contributed by atoms with E-state index < -0.39 is 9.84 Å². The molecular weight excluding hydrogens is 312 g/mol. The first-order valence-electron chi connectivity index (χ1n) is 8.14. The van der Waals surface area contributed by atoms with Crippen LogP contribution in [0.3, 0.4) is 0 Å². The Morgan fingerprint density at radius 3 is 2.26 bits per heavy atom. The fourth-order valence-corrected chi connectivity index (χ4v) is 3.56. The van der Waals surface area contributed by atoms with Crippen molar-refractivity contribution in [3.63, 3.8) is 0 Å². The SMILES string of the molecule is CCc1ccc(NC(=O)CN(CC)[C@H](C)CS(=O)(=O)CC)cc1. The van der Waals surface area contributed by atoms with Gasteiger partial charge in [0.15, 0.2) is 9.84 Å². The van der Waals surface area contributed by atoms with Gasteiger partial charge < -0.3 is 5.32 Å². The quantitative estimate of drug-likeness (QED) is 0.749. The zero-order chi connectivity index (χ0) is 17.5. The Kier molecular flexibility index (Phi) is 7.72. The third-order valence-corrected chi connectivity index (χ3v) is 5.83. The molecule has 0 radical (unpaired) electrons. The highest BCUT2D eigenvalue weighted by molar-refractivity contribution is 7.91. The van der Waals surface area contributed by atoms with Gasteiger partial charge in [-0.2, -0.15) is 0 Å². The molecule has 6 heteroatoms. The Balaban J connectivity index is 2.61. The van der Waals surface area contributed by atoms with Crippen LogP contribution in [0.4, 0.5) is 5.69 Å². The van der Waals surface area contributed by atoms with Gasteiger partial charge in [0.2, 0.25) is 5.91 Å². The Bertz CT molecular complexity index is 597. The van der Waals surface area contributed by atoms with Crippen molar-refractivity contribution in [2.75, 3.05) is 29.9 Å². The van der Waals surface area contributed by atoms with Crippen LogP contribution in [-0.4, -0.2) is 49.9 Å². The van der Waals surface area contributed by atoms with Crippen molar-refractivity contribution < 1.29 is 13.2 Å². The summed E-state index contributed by atoms with van der Waals surface area (Å²) in [5, 5.41) is 2.86. The number of carbonyl (C=O) groups excluding carboxylic acids is 1. The number of likely N-dealkylation sites (N-methyl/N-ethyl adjacent to an activating group) is 1. The molecule has 0 aliphatic heterocycles. The van der Waals surface area contributed by atoms with Crippen LogP contribution in [-0.2, 0) is 21.1 Å². The van der Waals surface area contributed by atoms with Crippen molar-refractivity contribution in [2.45, 2.75) is 40.2 Å². The average molecular weight is 340 g/mol. The summed E-state index contributed by atoms with van der Waals surface area (Å²) >= 11 is 0. The maximum absolute atomic E-state index is 12.2. The largest absolute Gasteiger partial charge is 0.325 e. The number of nitrogens with one attached hydrogen (secondary N) is 1. The lowest BCUT2D eigenvalue weighted by atomic mass is 10.1. The molecule has 1 N–H and O–H groups in total. The Hall–Kier alpha value is -1.40. The van der Waals surface area contributed by atoms with E-state index in [0.717, 1.165) is 12.1 Å².